The summed E-state index contributed by atoms with van der Waals surface area (Å²) < 4.78 is 12.0. The largest absolute Gasteiger partial charge is 0.376 e. The van der Waals surface area contributed by atoms with E-state index in [9.17, 15) is 0 Å². The SMILES string of the molecule is CNC(C1CCOC2(CCC2)C1)C1OCCC1C. The van der Waals surface area contributed by atoms with Crippen LogP contribution in [0.15, 0.2) is 0 Å². The number of nitrogens with one attached hydrogen (secondary N) is 1. The molecule has 1 spiro atoms. The van der Waals surface area contributed by atoms with Gasteiger partial charge in [-0.3, -0.25) is 0 Å². The van der Waals surface area contributed by atoms with Crippen molar-refractivity contribution in [1.82, 2.24) is 5.32 Å². The molecule has 2 aliphatic heterocycles. The van der Waals surface area contributed by atoms with Crippen LogP contribution in [0.1, 0.15) is 45.4 Å². The van der Waals surface area contributed by atoms with Gasteiger partial charge in [-0.05, 0) is 57.4 Å². The maximum Gasteiger partial charge on any atom is 0.0756 e. The number of hydrogen-bond donors (Lipinski definition) is 1. The topological polar surface area (TPSA) is 30.5 Å². The van der Waals surface area contributed by atoms with E-state index in [1.165, 1.54) is 38.5 Å². The highest BCUT2D eigenvalue weighted by Crippen LogP contribution is 2.46. The Morgan fingerprint density at radius 1 is 1.22 bits per heavy atom. The monoisotopic (exact) mass is 253 g/mol. The molecule has 0 amide bonds. The molecule has 104 valence electrons. The molecule has 18 heavy (non-hydrogen) atoms. The standard InChI is InChI=1S/C15H27NO2/c1-11-4-8-17-14(11)13(16-2)12-5-9-18-15(10-12)6-3-7-15/h11-14,16H,3-10H2,1-2H3. The van der Waals surface area contributed by atoms with E-state index in [1.54, 1.807) is 0 Å². The van der Waals surface area contributed by atoms with E-state index >= 15 is 0 Å². The van der Waals surface area contributed by atoms with Gasteiger partial charge in [0.25, 0.3) is 0 Å². The number of rotatable bonds is 3. The van der Waals surface area contributed by atoms with Gasteiger partial charge in [-0.25, -0.2) is 0 Å². The summed E-state index contributed by atoms with van der Waals surface area (Å²) in [6.45, 7) is 4.22. The van der Waals surface area contributed by atoms with Crippen molar-refractivity contribution in [1.29, 1.82) is 0 Å². The van der Waals surface area contributed by atoms with Crippen LogP contribution in [0.25, 0.3) is 0 Å². The van der Waals surface area contributed by atoms with Crippen molar-refractivity contribution in [3.63, 3.8) is 0 Å². The van der Waals surface area contributed by atoms with Crippen LogP contribution in [-0.4, -0.2) is 38.0 Å². The van der Waals surface area contributed by atoms with E-state index in [0.29, 0.717) is 18.1 Å². The average Bonchev–Trinajstić information content (AvgIpc) is 2.75. The fourth-order valence-electron chi connectivity index (χ4n) is 4.14. The van der Waals surface area contributed by atoms with Gasteiger partial charge >= 0.3 is 0 Å². The molecule has 0 aromatic heterocycles. The fourth-order valence-corrected chi connectivity index (χ4v) is 4.14. The molecule has 3 heteroatoms. The Labute approximate surface area is 111 Å². The van der Waals surface area contributed by atoms with Gasteiger partial charge in [0.1, 0.15) is 0 Å². The molecule has 0 bridgehead atoms. The van der Waals surface area contributed by atoms with Crippen molar-refractivity contribution >= 4 is 0 Å². The fraction of sp³-hybridized carbons (Fsp3) is 1.00. The molecule has 3 rings (SSSR count). The maximum atomic E-state index is 6.05. The molecule has 0 aromatic rings. The van der Waals surface area contributed by atoms with Crippen molar-refractivity contribution in [3.8, 4) is 0 Å². The smallest absolute Gasteiger partial charge is 0.0756 e. The first kappa shape index (κ1) is 12.9. The van der Waals surface area contributed by atoms with Crippen LogP contribution in [0, 0.1) is 11.8 Å². The summed E-state index contributed by atoms with van der Waals surface area (Å²) in [5.41, 5.74) is 0.250. The minimum absolute atomic E-state index is 0.250. The van der Waals surface area contributed by atoms with Gasteiger partial charge in [-0.2, -0.15) is 0 Å². The van der Waals surface area contributed by atoms with Gasteiger partial charge in [-0.1, -0.05) is 6.92 Å². The van der Waals surface area contributed by atoms with Gasteiger partial charge in [0, 0.05) is 19.3 Å². The average molecular weight is 253 g/mol. The van der Waals surface area contributed by atoms with Crippen LogP contribution in [0.3, 0.4) is 0 Å². The lowest BCUT2D eigenvalue weighted by Crippen LogP contribution is -2.53. The van der Waals surface area contributed by atoms with Crippen LogP contribution in [0.2, 0.25) is 0 Å². The second kappa shape index (κ2) is 5.10. The van der Waals surface area contributed by atoms with Crippen molar-refractivity contribution in [2.45, 2.75) is 63.2 Å². The zero-order chi connectivity index (χ0) is 12.6. The lowest BCUT2D eigenvalue weighted by molar-refractivity contribution is -0.152. The van der Waals surface area contributed by atoms with E-state index in [0.717, 1.165) is 19.1 Å². The molecular formula is C15H27NO2. The summed E-state index contributed by atoms with van der Waals surface area (Å²) in [4.78, 5) is 0. The molecule has 2 saturated heterocycles. The summed E-state index contributed by atoms with van der Waals surface area (Å²) in [6.07, 6.45) is 7.98. The Hall–Kier alpha value is -0.120. The Morgan fingerprint density at radius 2 is 2.06 bits per heavy atom. The molecule has 3 aliphatic rings. The quantitative estimate of drug-likeness (QED) is 0.837. The number of likely N-dealkylation sites (N-methyl/N-ethyl adjacent to an activating group) is 1. The lowest BCUT2D eigenvalue weighted by Gasteiger charge is -2.49. The first-order chi connectivity index (χ1) is 8.74. The summed E-state index contributed by atoms with van der Waals surface area (Å²) in [6, 6.07) is 0.517. The highest BCUT2D eigenvalue weighted by molar-refractivity contribution is 4.99. The summed E-state index contributed by atoms with van der Waals surface area (Å²) in [5, 5.41) is 3.55. The Kier molecular flexibility index (Phi) is 3.65. The first-order valence-corrected chi connectivity index (χ1v) is 7.67. The zero-order valence-electron chi connectivity index (χ0n) is 11.8. The Bertz CT molecular complexity index is 290. The second-order valence-electron chi connectivity index (χ2n) is 6.55. The van der Waals surface area contributed by atoms with Crippen LogP contribution in [0.4, 0.5) is 0 Å². The maximum absolute atomic E-state index is 6.05. The van der Waals surface area contributed by atoms with E-state index in [1.807, 2.05) is 0 Å². The van der Waals surface area contributed by atoms with Crippen molar-refractivity contribution in [3.05, 3.63) is 0 Å². The van der Waals surface area contributed by atoms with Crippen LogP contribution in [-0.2, 0) is 9.47 Å². The van der Waals surface area contributed by atoms with Crippen molar-refractivity contribution in [2.24, 2.45) is 11.8 Å². The van der Waals surface area contributed by atoms with Crippen molar-refractivity contribution < 1.29 is 9.47 Å². The number of ether oxygens (including phenoxy) is 2. The summed E-state index contributed by atoms with van der Waals surface area (Å²) in [7, 11) is 2.10. The molecule has 4 unspecified atom stereocenters. The van der Waals surface area contributed by atoms with E-state index in [2.05, 4.69) is 19.3 Å². The van der Waals surface area contributed by atoms with Crippen LogP contribution in [0.5, 0.6) is 0 Å². The molecular weight excluding hydrogens is 226 g/mol. The van der Waals surface area contributed by atoms with Gasteiger partial charge in [-0.15, -0.1) is 0 Å². The predicted octanol–water partition coefficient (Wildman–Crippen LogP) is 2.35. The third-order valence-corrected chi connectivity index (χ3v) is 5.44. The van der Waals surface area contributed by atoms with Gasteiger partial charge in [0.2, 0.25) is 0 Å². The lowest BCUT2D eigenvalue weighted by atomic mass is 9.69. The van der Waals surface area contributed by atoms with E-state index in [-0.39, 0.29) is 5.60 Å². The Balaban J connectivity index is 1.67. The number of hydrogen-bond acceptors (Lipinski definition) is 3. The molecule has 3 nitrogen and oxygen atoms in total. The van der Waals surface area contributed by atoms with Gasteiger partial charge in [0.05, 0.1) is 11.7 Å². The molecule has 1 saturated carbocycles. The van der Waals surface area contributed by atoms with Gasteiger partial charge in [0.15, 0.2) is 0 Å². The van der Waals surface area contributed by atoms with E-state index in [4.69, 9.17) is 9.47 Å². The second-order valence-corrected chi connectivity index (χ2v) is 6.55. The molecule has 1 aliphatic carbocycles. The molecule has 1 N–H and O–H groups in total. The van der Waals surface area contributed by atoms with E-state index < -0.39 is 0 Å². The predicted molar refractivity (Wildman–Crippen MR) is 71.6 cm³/mol. The molecule has 3 fully saturated rings. The molecule has 0 aromatic carbocycles. The summed E-state index contributed by atoms with van der Waals surface area (Å²) >= 11 is 0. The highest BCUT2D eigenvalue weighted by atomic mass is 16.5. The minimum atomic E-state index is 0.250. The van der Waals surface area contributed by atoms with Crippen LogP contribution < -0.4 is 5.32 Å². The molecule has 0 radical (unpaired) electrons. The zero-order valence-corrected chi connectivity index (χ0v) is 11.8. The Morgan fingerprint density at radius 3 is 2.61 bits per heavy atom. The molecule has 4 atom stereocenters. The highest BCUT2D eigenvalue weighted by Gasteiger charge is 2.46. The molecule has 2 heterocycles. The van der Waals surface area contributed by atoms with Gasteiger partial charge < -0.3 is 14.8 Å². The van der Waals surface area contributed by atoms with Crippen molar-refractivity contribution in [2.75, 3.05) is 20.3 Å². The third-order valence-electron chi connectivity index (χ3n) is 5.44. The van der Waals surface area contributed by atoms with Crippen LogP contribution >= 0.6 is 0 Å². The first-order valence-electron chi connectivity index (χ1n) is 7.67. The minimum Gasteiger partial charge on any atom is -0.376 e. The normalized spacial score (nSPS) is 40.7. The third kappa shape index (κ3) is 2.21. The summed E-state index contributed by atoms with van der Waals surface area (Å²) in [5.74, 6) is 1.43.